The Hall–Kier alpha value is -2.90. The van der Waals surface area contributed by atoms with Crippen LogP contribution in [0.2, 0.25) is 10.0 Å². The molecule has 0 radical (unpaired) electrons. The highest BCUT2D eigenvalue weighted by Crippen LogP contribution is 2.29. The van der Waals surface area contributed by atoms with Gasteiger partial charge >= 0.3 is 5.97 Å². The first-order valence-electron chi connectivity index (χ1n) is 7.20. The largest absolute Gasteiger partial charge is 0.452 e. The van der Waals surface area contributed by atoms with Crippen molar-refractivity contribution in [1.29, 1.82) is 0 Å². The predicted octanol–water partition coefficient (Wildman–Crippen LogP) is 4.10. The highest BCUT2D eigenvalue weighted by Gasteiger charge is 2.10. The number of nitrogens with zero attached hydrogens (tertiary/aromatic N) is 1. The summed E-state index contributed by atoms with van der Waals surface area (Å²) in [5, 5.41) is 13.6. The summed E-state index contributed by atoms with van der Waals surface area (Å²) in [6.45, 7) is -0.527. The zero-order chi connectivity index (χ0) is 19.1. The average Bonchev–Trinajstić information content (AvgIpc) is 2.62. The standard InChI is InChI=1S/C17H12Cl2N2O5/c18-13-5-2-6-14(17(13)19)20-15(22)10-26-16(23)8-7-11-3-1-4-12(9-11)21(24)25/h1-9H,10H2,(H,20,22). The number of esters is 1. The molecule has 0 aromatic heterocycles. The summed E-state index contributed by atoms with van der Waals surface area (Å²) in [5.41, 5.74) is 0.650. The van der Waals surface area contributed by atoms with Crippen LogP contribution in [0.5, 0.6) is 0 Å². The van der Waals surface area contributed by atoms with E-state index < -0.39 is 23.4 Å². The molecule has 1 N–H and O–H groups in total. The number of ether oxygens (including phenoxy) is 1. The van der Waals surface area contributed by atoms with E-state index >= 15 is 0 Å². The van der Waals surface area contributed by atoms with Crippen LogP contribution in [0.1, 0.15) is 5.56 Å². The molecule has 2 aromatic rings. The first-order valence-corrected chi connectivity index (χ1v) is 7.95. The zero-order valence-electron chi connectivity index (χ0n) is 13.1. The second-order valence-electron chi connectivity index (χ2n) is 4.94. The van der Waals surface area contributed by atoms with Crippen molar-refractivity contribution >= 4 is 52.5 Å². The number of benzene rings is 2. The first-order chi connectivity index (χ1) is 12.4. The molecule has 0 fully saturated rings. The van der Waals surface area contributed by atoms with Crippen molar-refractivity contribution in [2.24, 2.45) is 0 Å². The summed E-state index contributed by atoms with van der Waals surface area (Å²) in [4.78, 5) is 33.6. The molecule has 0 heterocycles. The number of nitrogens with one attached hydrogen (secondary N) is 1. The number of non-ortho nitro benzene ring substituents is 1. The summed E-state index contributed by atoms with van der Waals surface area (Å²) in [5.74, 6) is -1.37. The molecule has 7 nitrogen and oxygen atoms in total. The lowest BCUT2D eigenvalue weighted by atomic mass is 10.2. The zero-order valence-corrected chi connectivity index (χ0v) is 14.7. The monoisotopic (exact) mass is 394 g/mol. The molecule has 1 amide bonds. The third-order valence-electron chi connectivity index (χ3n) is 3.06. The Bertz CT molecular complexity index is 883. The number of nitro benzene ring substituents is 1. The molecule has 0 aliphatic rings. The molecule has 0 aliphatic heterocycles. The molecule has 0 spiro atoms. The Morgan fingerprint density at radius 3 is 2.65 bits per heavy atom. The number of rotatable bonds is 6. The van der Waals surface area contributed by atoms with Crippen LogP contribution in [0.3, 0.4) is 0 Å². The topological polar surface area (TPSA) is 98.5 Å². The van der Waals surface area contributed by atoms with Crippen LogP contribution >= 0.6 is 23.2 Å². The van der Waals surface area contributed by atoms with Crippen LogP contribution in [0, 0.1) is 10.1 Å². The maximum atomic E-state index is 11.8. The lowest BCUT2D eigenvalue weighted by Gasteiger charge is -2.08. The predicted molar refractivity (Wildman–Crippen MR) is 98.2 cm³/mol. The van der Waals surface area contributed by atoms with Gasteiger partial charge in [-0.05, 0) is 23.8 Å². The number of nitro groups is 1. The Kier molecular flexibility index (Phi) is 6.71. The van der Waals surface area contributed by atoms with E-state index in [4.69, 9.17) is 27.9 Å². The van der Waals surface area contributed by atoms with Crippen molar-refractivity contribution in [1.82, 2.24) is 0 Å². The van der Waals surface area contributed by atoms with Gasteiger partial charge in [0.25, 0.3) is 11.6 Å². The van der Waals surface area contributed by atoms with Gasteiger partial charge in [-0.25, -0.2) is 4.79 Å². The van der Waals surface area contributed by atoms with Crippen LogP contribution in [-0.2, 0) is 14.3 Å². The minimum Gasteiger partial charge on any atom is -0.452 e. The molecule has 2 aromatic carbocycles. The Morgan fingerprint density at radius 2 is 1.92 bits per heavy atom. The Balaban J connectivity index is 1.88. The summed E-state index contributed by atoms with van der Waals surface area (Å²) in [6, 6.07) is 10.4. The minimum atomic E-state index is -0.774. The first kappa shape index (κ1) is 19.4. The number of carbonyl (C=O) groups is 2. The van der Waals surface area contributed by atoms with Crippen LogP contribution in [0.25, 0.3) is 6.08 Å². The molecule has 0 atom stereocenters. The quantitative estimate of drug-likeness (QED) is 0.344. The molecular formula is C17H12Cl2N2O5. The maximum absolute atomic E-state index is 11.8. The van der Waals surface area contributed by atoms with Crippen molar-refractivity contribution in [3.05, 3.63) is 74.3 Å². The molecule has 0 saturated carbocycles. The fourth-order valence-electron chi connectivity index (χ4n) is 1.88. The van der Waals surface area contributed by atoms with E-state index in [1.807, 2.05) is 0 Å². The van der Waals surface area contributed by atoms with Gasteiger partial charge in [0.1, 0.15) is 0 Å². The van der Waals surface area contributed by atoms with Crippen LogP contribution < -0.4 is 5.32 Å². The lowest BCUT2D eigenvalue weighted by Crippen LogP contribution is -2.20. The molecule has 0 unspecified atom stereocenters. The van der Waals surface area contributed by atoms with E-state index in [0.29, 0.717) is 11.3 Å². The summed E-state index contributed by atoms with van der Waals surface area (Å²) < 4.78 is 4.80. The highest BCUT2D eigenvalue weighted by molar-refractivity contribution is 6.44. The number of carbonyl (C=O) groups excluding carboxylic acids is 2. The molecular weight excluding hydrogens is 383 g/mol. The molecule has 0 aliphatic carbocycles. The van der Waals surface area contributed by atoms with Crippen molar-refractivity contribution in [3.8, 4) is 0 Å². The third-order valence-corrected chi connectivity index (χ3v) is 3.88. The second-order valence-corrected chi connectivity index (χ2v) is 5.73. The fourth-order valence-corrected chi connectivity index (χ4v) is 2.23. The van der Waals surface area contributed by atoms with Crippen molar-refractivity contribution in [2.75, 3.05) is 11.9 Å². The number of halogens is 2. The molecule has 26 heavy (non-hydrogen) atoms. The summed E-state index contributed by atoms with van der Waals surface area (Å²) in [6.07, 6.45) is 2.42. The summed E-state index contributed by atoms with van der Waals surface area (Å²) >= 11 is 11.8. The molecule has 0 saturated heterocycles. The van der Waals surface area contributed by atoms with Crippen LogP contribution in [0.15, 0.2) is 48.5 Å². The highest BCUT2D eigenvalue weighted by atomic mass is 35.5. The van der Waals surface area contributed by atoms with Gasteiger partial charge in [-0.2, -0.15) is 0 Å². The van der Waals surface area contributed by atoms with E-state index in [-0.39, 0.29) is 15.7 Å². The number of anilines is 1. The van der Waals surface area contributed by atoms with Gasteiger partial charge in [0.2, 0.25) is 0 Å². The van der Waals surface area contributed by atoms with E-state index in [2.05, 4.69) is 5.32 Å². The Labute approximate surface area is 158 Å². The second kappa shape index (κ2) is 8.98. The van der Waals surface area contributed by atoms with E-state index in [1.165, 1.54) is 24.3 Å². The van der Waals surface area contributed by atoms with Gasteiger partial charge in [-0.3, -0.25) is 14.9 Å². The average molecular weight is 395 g/mol. The van der Waals surface area contributed by atoms with E-state index in [9.17, 15) is 19.7 Å². The van der Waals surface area contributed by atoms with Gasteiger partial charge in [-0.1, -0.05) is 41.4 Å². The Morgan fingerprint density at radius 1 is 1.19 bits per heavy atom. The normalized spacial score (nSPS) is 10.5. The van der Waals surface area contributed by atoms with Gasteiger partial charge in [-0.15, -0.1) is 0 Å². The van der Waals surface area contributed by atoms with E-state index in [0.717, 1.165) is 6.08 Å². The number of hydrogen-bond acceptors (Lipinski definition) is 5. The van der Waals surface area contributed by atoms with Crippen LogP contribution in [-0.4, -0.2) is 23.4 Å². The number of hydrogen-bond donors (Lipinski definition) is 1. The SMILES string of the molecule is O=C(COC(=O)C=Cc1cccc([N+](=O)[O-])c1)Nc1cccc(Cl)c1Cl. The lowest BCUT2D eigenvalue weighted by molar-refractivity contribution is -0.384. The van der Waals surface area contributed by atoms with Gasteiger partial charge < -0.3 is 10.1 Å². The van der Waals surface area contributed by atoms with Crippen molar-refractivity contribution < 1.29 is 19.2 Å². The minimum absolute atomic E-state index is 0.0988. The van der Waals surface area contributed by atoms with Gasteiger partial charge in [0, 0.05) is 18.2 Å². The molecule has 134 valence electrons. The molecule has 2 rings (SSSR count). The smallest absolute Gasteiger partial charge is 0.331 e. The van der Waals surface area contributed by atoms with Crippen molar-refractivity contribution in [3.63, 3.8) is 0 Å². The molecule has 9 heteroatoms. The third kappa shape index (κ3) is 5.58. The van der Waals surface area contributed by atoms with E-state index in [1.54, 1.807) is 24.3 Å². The molecule has 0 bridgehead atoms. The summed E-state index contributed by atoms with van der Waals surface area (Å²) in [7, 11) is 0. The number of amides is 1. The van der Waals surface area contributed by atoms with Gasteiger partial charge in [0.15, 0.2) is 6.61 Å². The maximum Gasteiger partial charge on any atom is 0.331 e. The van der Waals surface area contributed by atoms with Gasteiger partial charge in [0.05, 0.1) is 20.7 Å². The van der Waals surface area contributed by atoms with Crippen molar-refractivity contribution in [2.45, 2.75) is 0 Å². The van der Waals surface area contributed by atoms with Crippen LogP contribution in [0.4, 0.5) is 11.4 Å². The fraction of sp³-hybridized carbons (Fsp3) is 0.0588.